The van der Waals surface area contributed by atoms with E-state index in [0.29, 0.717) is 12.1 Å². The Morgan fingerprint density at radius 2 is 2.24 bits per heavy atom. The average Bonchev–Trinajstić information content (AvgIpc) is 3.26. The molecule has 1 N–H and O–H groups in total. The third-order valence-corrected chi connectivity index (χ3v) is 4.58. The zero-order valence-electron chi connectivity index (χ0n) is 12.6. The molecule has 2 aromatic rings. The van der Waals surface area contributed by atoms with Gasteiger partial charge in [-0.1, -0.05) is 6.42 Å². The lowest BCUT2D eigenvalue weighted by Crippen LogP contribution is -2.45. The van der Waals surface area contributed by atoms with Crippen LogP contribution >= 0.6 is 0 Å². The van der Waals surface area contributed by atoms with E-state index < -0.39 is 0 Å². The van der Waals surface area contributed by atoms with Gasteiger partial charge in [0, 0.05) is 31.0 Å². The van der Waals surface area contributed by atoms with Crippen LogP contribution in [0.2, 0.25) is 0 Å². The second-order valence-electron chi connectivity index (χ2n) is 6.40. The molecule has 5 heteroatoms. The zero-order valence-corrected chi connectivity index (χ0v) is 12.6. The number of aromatic nitrogens is 3. The fourth-order valence-corrected chi connectivity index (χ4v) is 3.36. The largest absolute Gasteiger partial charge is 0.350 e. The molecular weight excluding hydrogens is 262 g/mol. The van der Waals surface area contributed by atoms with Gasteiger partial charge >= 0.3 is 0 Å². The molecule has 1 saturated carbocycles. The summed E-state index contributed by atoms with van der Waals surface area (Å²) in [4.78, 5) is 7.20. The molecule has 2 aromatic heterocycles. The summed E-state index contributed by atoms with van der Waals surface area (Å²) < 4.78 is 1.96. The Bertz CT molecular complexity index is 625. The van der Waals surface area contributed by atoms with E-state index in [-0.39, 0.29) is 0 Å². The summed E-state index contributed by atoms with van der Waals surface area (Å²) in [7, 11) is 0. The summed E-state index contributed by atoms with van der Waals surface area (Å²) in [5, 5.41) is 8.18. The molecule has 0 spiro atoms. The first kappa shape index (κ1) is 13.1. The first-order valence-corrected chi connectivity index (χ1v) is 8.12. The van der Waals surface area contributed by atoms with Crippen molar-refractivity contribution in [3.63, 3.8) is 0 Å². The van der Waals surface area contributed by atoms with Crippen LogP contribution in [0.25, 0.3) is 5.52 Å². The van der Waals surface area contributed by atoms with Crippen LogP contribution in [0.5, 0.6) is 0 Å². The van der Waals surface area contributed by atoms with Gasteiger partial charge in [-0.3, -0.25) is 0 Å². The van der Waals surface area contributed by atoms with E-state index in [1.54, 1.807) is 0 Å². The quantitative estimate of drug-likeness (QED) is 0.935. The summed E-state index contributed by atoms with van der Waals surface area (Å²) in [6, 6.07) is 3.42. The standard InChI is InChI=1S/C16H23N5/c1-12-10-15-16(18-8-9-21(15)19-12)20(14-5-6-14)11-13-4-2-3-7-17-13/h8-10,13-14,17H,2-7,11H2,1H3. The van der Waals surface area contributed by atoms with Gasteiger partial charge < -0.3 is 10.2 Å². The lowest BCUT2D eigenvalue weighted by Gasteiger charge is -2.31. The van der Waals surface area contributed by atoms with Crippen molar-refractivity contribution in [2.75, 3.05) is 18.0 Å². The maximum atomic E-state index is 4.68. The summed E-state index contributed by atoms with van der Waals surface area (Å²) >= 11 is 0. The maximum absolute atomic E-state index is 4.68. The van der Waals surface area contributed by atoms with Gasteiger partial charge in [0.2, 0.25) is 0 Å². The number of fused-ring (bicyclic) bond motifs is 1. The molecule has 112 valence electrons. The summed E-state index contributed by atoms with van der Waals surface area (Å²) in [6.07, 6.45) is 10.3. The van der Waals surface area contributed by atoms with Crippen LogP contribution < -0.4 is 10.2 Å². The monoisotopic (exact) mass is 285 g/mol. The van der Waals surface area contributed by atoms with Gasteiger partial charge in [-0.05, 0) is 45.2 Å². The number of nitrogens with zero attached hydrogens (tertiary/aromatic N) is 4. The second-order valence-corrected chi connectivity index (χ2v) is 6.40. The first-order chi connectivity index (χ1) is 10.3. The van der Waals surface area contributed by atoms with Crippen molar-refractivity contribution in [3.8, 4) is 0 Å². The second kappa shape index (κ2) is 5.30. The molecule has 2 fully saturated rings. The van der Waals surface area contributed by atoms with Crippen LogP contribution in [0.4, 0.5) is 5.82 Å². The van der Waals surface area contributed by atoms with E-state index >= 15 is 0 Å². The normalized spacial score (nSPS) is 22.6. The zero-order chi connectivity index (χ0) is 14.2. The van der Waals surface area contributed by atoms with Crippen LogP contribution in [0.3, 0.4) is 0 Å². The summed E-state index contributed by atoms with van der Waals surface area (Å²) in [6.45, 7) is 4.27. The Morgan fingerprint density at radius 1 is 1.33 bits per heavy atom. The van der Waals surface area contributed by atoms with Crippen LogP contribution in [0, 0.1) is 6.92 Å². The average molecular weight is 285 g/mol. The molecular formula is C16H23N5. The highest BCUT2D eigenvalue weighted by atomic mass is 15.3. The minimum absolute atomic E-state index is 0.602. The molecule has 21 heavy (non-hydrogen) atoms. The number of nitrogens with one attached hydrogen (secondary N) is 1. The smallest absolute Gasteiger partial charge is 0.154 e. The minimum atomic E-state index is 0.602. The molecule has 0 bridgehead atoms. The Labute approximate surface area is 125 Å². The Balaban J connectivity index is 1.65. The Hall–Kier alpha value is -1.62. The predicted molar refractivity (Wildman–Crippen MR) is 83.7 cm³/mol. The van der Waals surface area contributed by atoms with Crippen molar-refractivity contribution in [2.45, 2.75) is 51.1 Å². The van der Waals surface area contributed by atoms with E-state index in [2.05, 4.69) is 26.4 Å². The Kier molecular flexibility index (Phi) is 3.30. The molecule has 0 radical (unpaired) electrons. The van der Waals surface area contributed by atoms with Gasteiger partial charge in [-0.2, -0.15) is 5.10 Å². The first-order valence-electron chi connectivity index (χ1n) is 8.12. The lowest BCUT2D eigenvalue weighted by molar-refractivity contribution is 0.398. The van der Waals surface area contributed by atoms with Crippen molar-refractivity contribution in [2.24, 2.45) is 0 Å². The molecule has 1 aliphatic carbocycles. The molecule has 1 unspecified atom stereocenters. The molecule has 3 heterocycles. The highest BCUT2D eigenvalue weighted by molar-refractivity contribution is 5.70. The van der Waals surface area contributed by atoms with E-state index in [0.717, 1.165) is 30.1 Å². The van der Waals surface area contributed by atoms with Gasteiger partial charge in [0.15, 0.2) is 5.82 Å². The topological polar surface area (TPSA) is 45.5 Å². The fraction of sp³-hybridized carbons (Fsp3) is 0.625. The summed E-state index contributed by atoms with van der Waals surface area (Å²) in [5.74, 6) is 1.10. The van der Waals surface area contributed by atoms with Crippen molar-refractivity contribution >= 4 is 11.3 Å². The number of hydrogen-bond donors (Lipinski definition) is 1. The van der Waals surface area contributed by atoms with E-state index in [4.69, 9.17) is 0 Å². The number of anilines is 1. The van der Waals surface area contributed by atoms with Crippen LogP contribution in [-0.4, -0.2) is 39.8 Å². The van der Waals surface area contributed by atoms with Crippen LogP contribution in [0.1, 0.15) is 37.8 Å². The van der Waals surface area contributed by atoms with Gasteiger partial charge in [0.05, 0.1) is 5.69 Å². The van der Waals surface area contributed by atoms with Gasteiger partial charge in [0.1, 0.15) is 5.52 Å². The molecule has 1 aliphatic heterocycles. The molecule has 0 amide bonds. The van der Waals surface area contributed by atoms with Crippen LogP contribution in [0.15, 0.2) is 18.5 Å². The number of rotatable bonds is 4. The maximum Gasteiger partial charge on any atom is 0.154 e. The number of aryl methyl sites for hydroxylation is 1. The lowest BCUT2D eigenvalue weighted by atomic mass is 10.0. The van der Waals surface area contributed by atoms with Gasteiger partial charge in [-0.15, -0.1) is 0 Å². The highest BCUT2D eigenvalue weighted by Gasteiger charge is 2.33. The molecule has 1 saturated heterocycles. The number of hydrogen-bond acceptors (Lipinski definition) is 4. The van der Waals surface area contributed by atoms with Crippen molar-refractivity contribution < 1.29 is 0 Å². The van der Waals surface area contributed by atoms with Gasteiger partial charge in [0.25, 0.3) is 0 Å². The third-order valence-electron chi connectivity index (χ3n) is 4.58. The van der Waals surface area contributed by atoms with E-state index in [1.165, 1.54) is 32.1 Å². The van der Waals surface area contributed by atoms with E-state index in [9.17, 15) is 0 Å². The van der Waals surface area contributed by atoms with Crippen LogP contribution in [-0.2, 0) is 0 Å². The highest BCUT2D eigenvalue weighted by Crippen LogP contribution is 2.33. The molecule has 5 nitrogen and oxygen atoms in total. The molecule has 4 rings (SSSR count). The fourth-order valence-electron chi connectivity index (χ4n) is 3.36. The SMILES string of the molecule is Cc1cc2c(N(CC3CCCCN3)C3CC3)nccn2n1. The molecule has 1 atom stereocenters. The van der Waals surface area contributed by atoms with Crippen molar-refractivity contribution in [3.05, 3.63) is 24.2 Å². The molecule has 0 aromatic carbocycles. The van der Waals surface area contributed by atoms with E-state index in [1.807, 2.05) is 23.8 Å². The number of piperidine rings is 1. The molecule has 2 aliphatic rings. The van der Waals surface area contributed by atoms with Gasteiger partial charge in [-0.25, -0.2) is 9.50 Å². The predicted octanol–water partition coefficient (Wildman–Crippen LogP) is 2.15. The Morgan fingerprint density at radius 3 is 3.00 bits per heavy atom. The summed E-state index contributed by atoms with van der Waals surface area (Å²) in [5.41, 5.74) is 2.19. The van der Waals surface area contributed by atoms with Crippen molar-refractivity contribution in [1.29, 1.82) is 0 Å². The minimum Gasteiger partial charge on any atom is -0.350 e. The third kappa shape index (κ3) is 2.62. The van der Waals surface area contributed by atoms with Crippen molar-refractivity contribution in [1.82, 2.24) is 19.9 Å².